The molecule has 68 valence electrons. The Labute approximate surface area is 75.6 Å². The largest absolute Gasteiger partial charge is 0.369 e. The second-order valence-electron chi connectivity index (χ2n) is 2.71. The van der Waals surface area contributed by atoms with E-state index in [4.69, 9.17) is 5.73 Å². The van der Waals surface area contributed by atoms with Crippen molar-refractivity contribution in [3.63, 3.8) is 0 Å². The number of aromatic amines is 1. The number of hydrogen-bond donors (Lipinski definition) is 2. The number of nitrogens with two attached hydrogens (primary N) is 1. The summed E-state index contributed by atoms with van der Waals surface area (Å²) >= 11 is 0. The first-order chi connectivity index (χ1) is 6.31. The van der Waals surface area contributed by atoms with Gasteiger partial charge >= 0.3 is 0 Å². The first-order valence-electron chi connectivity index (χ1n) is 4.14. The molecule has 3 N–H and O–H groups in total. The smallest absolute Gasteiger partial charge is 0.197 e. The van der Waals surface area contributed by atoms with Crippen LogP contribution in [0, 0.1) is 0 Å². The molecule has 0 bridgehead atoms. The molecule has 2 aromatic heterocycles. The normalized spacial score (nSPS) is 10.5. The second-order valence-corrected chi connectivity index (χ2v) is 2.71. The maximum atomic E-state index is 5.48. The molecule has 2 rings (SSSR count). The maximum absolute atomic E-state index is 5.48. The number of hydrogen-bond acceptors (Lipinski definition) is 3. The SMILES string of the molecule is CCn1nccc1-c1cnc(N)[nH]1. The highest BCUT2D eigenvalue weighted by Gasteiger charge is 2.05. The highest BCUT2D eigenvalue weighted by atomic mass is 15.3. The van der Waals surface area contributed by atoms with Crippen LogP contribution in [0.1, 0.15) is 6.92 Å². The van der Waals surface area contributed by atoms with Crippen LogP contribution in [0.5, 0.6) is 0 Å². The minimum atomic E-state index is 0.429. The van der Waals surface area contributed by atoms with Crippen molar-refractivity contribution in [1.29, 1.82) is 0 Å². The maximum Gasteiger partial charge on any atom is 0.197 e. The molecule has 0 aliphatic carbocycles. The molecule has 13 heavy (non-hydrogen) atoms. The van der Waals surface area contributed by atoms with Gasteiger partial charge in [-0.05, 0) is 13.0 Å². The summed E-state index contributed by atoms with van der Waals surface area (Å²) in [6.45, 7) is 2.87. The van der Waals surface area contributed by atoms with E-state index in [0.717, 1.165) is 17.9 Å². The highest BCUT2D eigenvalue weighted by Crippen LogP contribution is 2.16. The van der Waals surface area contributed by atoms with Crippen molar-refractivity contribution in [2.45, 2.75) is 13.5 Å². The summed E-state index contributed by atoms with van der Waals surface area (Å²) in [5.74, 6) is 0.429. The van der Waals surface area contributed by atoms with Crippen molar-refractivity contribution in [3.05, 3.63) is 18.5 Å². The zero-order valence-corrected chi connectivity index (χ0v) is 7.36. The van der Waals surface area contributed by atoms with Crippen LogP contribution in [0.15, 0.2) is 18.5 Å². The number of anilines is 1. The fourth-order valence-corrected chi connectivity index (χ4v) is 1.28. The van der Waals surface area contributed by atoms with Crippen LogP contribution in [0.4, 0.5) is 5.95 Å². The lowest BCUT2D eigenvalue weighted by Gasteiger charge is -2.00. The molecule has 0 aliphatic heterocycles. The number of aromatic nitrogens is 4. The van der Waals surface area contributed by atoms with Crippen LogP contribution >= 0.6 is 0 Å². The molecule has 0 amide bonds. The summed E-state index contributed by atoms with van der Waals surface area (Å²) in [6, 6.07) is 1.93. The van der Waals surface area contributed by atoms with Gasteiger partial charge in [0.1, 0.15) is 0 Å². The number of nitrogen functional groups attached to an aromatic ring is 1. The molecule has 0 aromatic carbocycles. The van der Waals surface area contributed by atoms with E-state index in [9.17, 15) is 0 Å². The summed E-state index contributed by atoms with van der Waals surface area (Å²) in [6.07, 6.45) is 3.47. The molecule has 0 radical (unpaired) electrons. The molecule has 0 saturated heterocycles. The van der Waals surface area contributed by atoms with Crippen molar-refractivity contribution in [2.24, 2.45) is 0 Å². The summed E-state index contributed by atoms with van der Waals surface area (Å²) < 4.78 is 1.88. The van der Waals surface area contributed by atoms with Crippen molar-refractivity contribution in [2.75, 3.05) is 5.73 Å². The van der Waals surface area contributed by atoms with Crippen LogP contribution in [0.2, 0.25) is 0 Å². The lowest BCUT2D eigenvalue weighted by atomic mass is 10.3. The van der Waals surface area contributed by atoms with Gasteiger partial charge in [0, 0.05) is 12.7 Å². The van der Waals surface area contributed by atoms with E-state index in [2.05, 4.69) is 15.1 Å². The minimum absolute atomic E-state index is 0.429. The minimum Gasteiger partial charge on any atom is -0.369 e. The Morgan fingerprint density at radius 1 is 1.62 bits per heavy atom. The third-order valence-electron chi connectivity index (χ3n) is 1.89. The van der Waals surface area contributed by atoms with E-state index in [1.165, 1.54) is 0 Å². The monoisotopic (exact) mass is 177 g/mol. The summed E-state index contributed by atoms with van der Waals surface area (Å²) in [7, 11) is 0. The number of H-pyrrole nitrogens is 1. The molecular weight excluding hydrogens is 166 g/mol. The molecule has 0 fully saturated rings. The van der Waals surface area contributed by atoms with Crippen molar-refractivity contribution in [3.8, 4) is 11.4 Å². The first-order valence-corrected chi connectivity index (χ1v) is 4.14. The molecule has 0 atom stereocenters. The zero-order valence-electron chi connectivity index (χ0n) is 7.36. The lowest BCUT2D eigenvalue weighted by molar-refractivity contribution is 0.666. The molecule has 5 nitrogen and oxygen atoms in total. The Morgan fingerprint density at radius 3 is 3.08 bits per heavy atom. The fraction of sp³-hybridized carbons (Fsp3) is 0.250. The predicted octanol–water partition coefficient (Wildman–Crippen LogP) is 0.875. The van der Waals surface area contributed by atoms with Gasteiger partial charge in [-0.1, -0.05) is 0 Å². The fourth-order valence-electron chi connectivity index (χ4n) is 1.28. The molecule has 0 aliphatic rings. The van der Waals surface area contributed by atoms with Gasteiger partial charge in [-0.3, -0.25) is 4.68 Å². The van der Waals surface area contributed by atoms with E-state index in [1.807, 2.05) is 17.7 Å². The van der Waals surface area contributed by atoms with Crippen LogP contribution in [0.3, 0.4) is 0 Å². The number of rotatable bonds is 2. The van der Waals surface area contributed by atoms with Gasteiger partial charge in [-0.25, -0.2) is 4.98 Å². The van der Waals surface area contributed by atoms with E-state index in [-0.39, 0.29) is 0 Å². The van der Waals surface area contributed by atoms with Gasteiger partial charge in [0.2, 0.25) is 0 Å². The van der Waals surface area contributed by atoms with Crippen molar-refractivity contribution >= 4 is 5.95 Å². The van der Waals surface area contributed by atoms with Gasteiger partial charge in [0.25, 0.3) is 0 Å². The van der Waals surface area contributed by atoms with Gasteiger partial charge in [-0.15, -0.1) is 0 Å². The quantitative estimate of drug-likeness (QED) is 0.715. The third kappa shape index (κ3) is 1.28. The van der Waals surface area contributed by atoms with Crippen LogP contribution in [0.25, 0.3) is 11.4 Å². The van der Waals surface area contributed by atoms with E-state index >= 15 is 0 Å². The molecular formula is C8H11N5. The Hall–Kier alpha value is -1.78. The van der Waals surface area contributed by atoms with Crippen molar-refractivity contribution < 1.29 is 0 Å². The second kappa shape index (κ2) is 2.93. The van der Waals surface area contributed by atoms with E-state index in [0.29, 0.717) is 5.95 Å². The highest BCUT2D eigenvalue weighted by molar-refractivity contribution is 5.55. The Morgan fingerprint density at radius 2 is 2.46 bits per heavy atom. The average molecular weight is 177 g/mol. The number of nitrogens with zero attached hydrogens (tertiary/aromatic N) is 3. The van der Waals surface area contributed by atoms with E-state index in [1.54, 1.807) is 12.4 Å². The predicted molar refractivity (Wildman–Crippen MR) is 49.9 cm³/mol. The molecule has 0 saturated carbocycles. The number of nitrogens with one attached hydrogen (secondary N) is 1. The van der Waals surface area contributed by atoms with Gasteiger partial charge < -0.3 is 10.7 Å². The van der Waals surface area contributed by atoms with Gasteiger partial charge in [-0.2, -0.15) is 5.10 Å². The molecule has 0 spiro atoms. The Kier molecular flexibility index (Phi) is 1.77. The average Bonchev–Trinajstić information content (AvgIpc) is 2.71. The first kappa shape index (κ1) is 7.85. The van der Waals surface area contributed by atoms with Crippen LogP contribution in [-0.2, 0) is 6.54 Å². The topological polar surface area (TPSA) is 72.5 Å². The summed E-state index contributed by atoms with van der Waals surface area (Å²) in [4.78, 5) is 6.89. The number of imidazole rings is 1. The van der Waals surface area contributed by atoms with Crippen molar-refractivity contribution in [1.82, 2.24) is 19.7 Å². The van der Waals surface area contributed by atoms with Crippen LogP contribution < -0.4 is 5.73 Å². The van der Waals surface area contributed by atoms with Gasteiger partial charge in [0.15, 0.2) is 5.95 Å². The third-order valence-corrected chi connectivity index (χ3v) is 1.89. The summed E-state index contributed by atoms with van der Waals surface area (Å²) in [5.41, 5.74) is 7.39. The molecule has 2 heterocycles. The van der Waals surface area contributed by atoms with E-state index < -0.39 is 0 Å². The zero-order chi connectivity index (χ0) is 9.26. The van der Waals surface area contributed by atoms with Gasteiger partial charge in [0.05, 0.1) is 17.6 Å². The summed E-state index contributed by atoms with van der Waals surface area (Å²) in [5, 5.41) is 4.15. The standard InChI is InChI=1S/C8H11N5/c1-2-13-7(3-4-11-13)6-5-10-8(9)12-6/h3-5H,2H2,1H3,(H3,9,10,12). The van der Waals surface area contributed by atoms with Crippen LogP contribution in [-0.4, -0.2) is 19.7 Å². The molecule has 5 heteroatoms. The Bertz CT molecular complexity index is 400. The Balaban J connectivity index is 2.45. The number of aryl methyl sites for hydroxylation is 1. The lowest BCUT2D eigenvalue weighted by Crippen LogP contribution is -1.98. The molecule has 0 unspecified atom stereocenters. The molecule has 2 aromatic rings.